The van der Waals surface area contributed by atoms with Crippen LogP contribution in [0.25, 0.3) is 0 Å². The summed E-state index contributed by atoms with van der Waals surface area (Å²) in [5.41, 5.74) is -0.145. The topological polar surface area (TPSA) is 103 Å². The average molecular weight is 434 g/mol. The Bertz CT molecular complexity index is 878. The molecule has 1 heterocycles. The van der Waals surface area contributed by atoms with Crippen molar-refractivity contribution in [2.45, 2.75) is 58.5 Å². The lowest BCUT2D eigenvalue weighted by Crippen LogP contribution is -2.57. The molecule has 0 radical (unpaired) electrons. The molecule has 3 N–H and O–H groups in total. The first kappa shape index (κ1) is 22.7. The first-order valence-electron chi connectivity index (χ1n) is 10.3. The summed E-state index contributed by atoms with van der Waals surface area (Å²) in [5.74, 6) is 2.05. The number of anilines is 1. The number of fused-ring (bicyclic) bond motifs is 2. The van der Waals surface area contributed by atoms with Crippen molar-refractivity contribution in [1.29, 1.82) is 0 Å². The Kier molecular flexibility index (Phi) is 6.28. The minimum Gasteiger partial charge on any atom is -0.396 e. The number of amides is 2. The lowest BCUT2D eigenvalue weighted by Gasteiger charge is -2.58. The van der Waals surface area contributed by atoms with Gasteiger partial charge in [0.15, 0.2) is 5.13 Å². The summed E-state index contributed by atoms with van der Waals surface area (Å²) in [7, 11) is 1.69. The van der Waals surface area contributed by atoms with E-state index in [0.717, 1.165) is 17.0 Å². The molecule has 0 unspecified atom stereocenters. The number of rotatable bonds is 5. The third-order valence-electron chi connectivity index (χ3n) is 7.31. The molecule has 1 aromatic rings. The van der Waals surface area contributed by atoms with Crippen LogP contribution in [-0.2, 0) is 16.0 Å². The third-order valence-corrected chi connectivity index (χ3v) is 8.32. The smallest absolute Gasteiger partial charge is 0.223 e. The summed E-state index contributed by atoms with van der Waals surface area (Å²) in [6.07, 6.45) is 6.97. The van der Waals surface area contributed by atoms with Gasteiger partial charge in [0.05, 0.1) is 24.9 Å². The summed E-state index contributed by atoms with van der Waals surface area (Å²) >= 11 is 1.42. The van der Waals surface area contributed by atoms with Crippen LogP contribution in [-0.4, -0.2) is 58.2 Å². The van der Waals surface area contributed by atoms with Gasteiger partial charge < -0.3 is 20.4 Å². The summed E-state index contributed by atoms with van der Waals surface area (Å²) in [5, 5.41) is 24.3. The van der Waals surface area contributed by atoms with Gasteiger partial charge in [0, 0.05) is 36.6 Å². The predicted molar refractivity (Wildman–Crippen MR) is 116 cm³/mol. The third kappa shape index (κ3) is 3.75. The second kappa shape index (κ2) is 8.29. The number of thiazole rings is 1. The number of nitrogens with zero attached hydrogens (tertiary/aromatic N) is 2. The standard InChI is InChI=1S/C22H31N3O4S/c1-6-9-25(5)18(29)10-14-19-15(30-20(24-19)23-13(2)27)11-16-21(14,3)8-7-17(28)22(16,4)12-26/h1,14,16-17,26,28H,7-12H2,2-5H3,(H,23,24,27)/t14-,16-,17-,21+,22+/m1/s1. The molecule has 2 aliphatic carbocycles. The van der Waals surface area contributed by atoms with Gasteiger partial charge >= 0.3 is 0 Å². The normalized spacial score (nSPS) is 32.5. The van der Waals surface area contributed by atoms with Crippen molar-refractivity contribution in [2.24, 2.45) is 16.7 Å². The van der Waals surface area contributed by atoms with Gasteiger partial charge in [-0.15, -0.1) is 17.8 Å². The molecule has 7 nitrogen and oxygen atoms in total. The number of aromatic nitrogens is 1. The molecule has 1 saturated carbocycles. The van der Waals surface area contributed by atoms with Crippen molar-refractivity contribution in [3.05, 3.63) is 10.6 Å². The van der Waals surface area contributed by atoms with Crippen molar-refractivity contribution >= 4 is 28.3 Å². The van der Waals surface area contributed by atoms with Gasteiger partial charge in [-0.25, -0.2) is 4.98 Å². The Balaban J connectivity index is 2.07. The van der Waals surface area contributed by atoms with Crippen LogP contribution in [0.15, 0.2) is 0 Å². The maximum absolute atomic E-state index is 12.9. The van der Waals surface area contributed by atoms with Crippen LogP contribution in [0.2, 0.25) is 0 Å². The van der Waals surface area contributed by atoms with Crippen molar-refractivity contribution in [3.8, 4) is 12.3 Å². The highest BCUT2D eigenvalue weighted by Crippen LogP contribution is 2.62. The first-order valence-corrected chi connectivity index (χ1v) is 11.1. The van der Waals surface area contributed by atoms with Gasteiger partial charge in [0.2, 0.25) is 11.8 Å². The molecule has 0 aromatic carbocycles. The van der Waals surface area contributed by atoms with Crippen molar-refractivity contribution in [2.75, 3.05) is 25.5 Å². The van der Waals surface area contributed by atoms with E-state index in [4.69, 9.17) is 11.4 Å². The molecule has 2 aliphatic rings. The van der Waals surface area contributed by atoms with E-state index in [9.17, 15) is 19.8 Å². The summed E-state index contributed by atoms with van der Waals surface area (Å²) in [6.45, 7) is 5.63. The highest BCUT2D eigenvalue weighted by Gasteiger charge is 2.59. The number of carbonyl (C=O) groups is 2. The molecule has 8 heteroatoms. The minimum atomic E-state index is -0.672. The lowest BCUT2D eigenvalue weighted by molar-refractivity contribution is -0.146. The summed E-state index contributed by atoms with van der Waals surface area (Å²) < 4.78 is 0. The molecule has 30 heavy (non-hydrogen) atoms. The number of hydrogen-bond acceptors (Lipinski definition) is 6. The van der Waals surface area contributed by atoms with Crippen LogP contribution in [0, 0.1) is 29.1 Å². The number of aliphatic hydroxyl groups is 2. The van der Waals surface area contributed by atoms with Gasteiger partial charge in [0.1, 0.15) is 0 Å². The fourth-order valence-corrected chi connectivity index (χ4v) is 6.52. The molecule has 0 spiro atoms. The maximum atomic E-state index is 12.9. The number of nitrogens with one attached hydrogen (secondary N) is 1. The molecule has 1 aromatic heterocycles. The van der Waals surface area contributed by atoms with Crippen LogP contribution in [0.1, 0.15) is 56.5 Å². The lowest BCUT2D eigenvalue weighted by atomic mass is 9.47. The number of carbonyl (C=O) groups excluding carboxylic acids is 2. The molecule has 0 aliphatic heterocycles. The van der Waals surface area contributed by atoms with E-state index in [1.54, 1.807) is 7.05 Å². The van der Waals surface area contributed by atoms with Gasteiger partial charge in [-0.05, 0) is 30.6 Å². The van der Waals surface area contributed by atoms with Crippen molar-refractivity contribution in [3.63, 3.8) is 0 Å². The van der Waals surface area contributed by atoms with E-state index >= 15 is 0 Å². The summed E-state index contributed by atoms with van der Waals surface area (Å²) in [4.78, 5) is 31.8. The zero-order valence-electron chi connectivity index (χ0n) is 18.1. The van der Waals surface area contributed by atoms with Crippen molar-refractivity contribution in [1.82, 2.24) is 9.88 Å². The van der Waals surface area contributed by atoms with Gasteiger partial charge in [-0.2, -0.15) is 0 Å². The molecular formula is C22H31N3O4S. The molecule has 2 amide bonds. The minimum absolute atomic E-state index is 0.0207. The highest BCUT2D eigenvalue weighted by atomic mass is 32.1. The van der Waals surface area contributed by atoms with Crippen molar-refractivity contribution < 1.29 is 19.8 Å². The molecule has 164 valence electrons. The second-order valence-electron chi connectivity index (χ2n) is 9.20. The first-order chi connectivity index (χ1) is 14.1. The molecule has 1 fully saturated rings. The Labute approximate surface area is 181 Å². The molecular weight excluding hydrogens is 402 g/mol. The van der Waals surface area contributed by atoms with Gasteiger partial charge in [-0.3, -0.25) is 9.59 Å². The Morgan fingerprint density at radius 1 is 1.43 bits per heavy atom. The van der Waals surface area contributed by atoms with E-state index in [1.807, 2.05) is 6.92 Å². The molecule has 5 atom stereocenters. The van der Waals surface area contributed by atoms with Crippen LogP contribution in [0.5, 0.6) is 0 Å². The fraction of sp³-hybridized carbons (Fsp3) is 0.682. The fourth-order valence-electron chi connectivity index (χ4n) is 5.41. The largest absolute Gasteiger partial charge is 0.396 e. The Morgan fingerprint density at radius 3 is 2.73 bits per heavy atom. The predicted octanol–water partition coefficient (Wildman–Crippen LogP) is 2.00. The van der Waals surface area contributed by atoms with E-state index in [0.29, 0.717) is 18.0 Å². The zero-order valence-corrected chi connectivity index (χ0v) is 18.9. The van der Waals surface area contributed by atoms with Crippen LogP contribution >= 0.6 is 11.3 Å². The van der Waals surface area contributed by atoms with Crippen LogP contribution in [0.4, 0.5) is 5.13 Å². The average Bonchev–Trinajstić information content (AvgIpc) is 3.08. The second-order valence-corrected chi connectivity index (χ2v) is 10.3. The van der Waals surface area contributed by atoms with Gasteiger partial charge in [0.25, 0.3) is 0 Å². The zero-order chi connectivity index (χ0) is 22.3. The van der Waals surface area contributed by atoms with E-state index < -0.39 is 11.5 Å². The molecule has 3 rings (SSSR count). The van der Waals surface area contributed by atoms with Crippen LogP contribution < -0.4 is 5.32 Å². The van der Waals surface area contributed by atoms with Gasteiger partial charge in [-0.1, -0.05) is 19.8 Å². The van der Waals surface area contributed by atoms with E-state index in [2.05, 4.69) is 18.2 Å². The highest BCUT2D eigenvalue weighted by molar-refractivity contribution is 7.15. The van der Waals surface area contributed by atoms with E-state index in [1.165, 1.54) is 23.2 Å². The molecule has 0 saturated heterocycles. The summed E-state index contributed by atoms with van der Waals surface area (Å²) in [6, 6.07) is 0. The quantitative estimate of drug-likeness (QED) is 0.617. The SMILES string of the molecule is C#CCN(C)C(=O)C[C@@H]1c2nc(NC(C)=O)sc2C[C@H]2[C@](C)(CO)[C@H](O)CC[C@]21C. The maximum Gasteiger partial charge on any atom is 0.223 e. The number of aliphatic hydroxyl groups excluding tert-OH is 2. The Morgan fingerprint density at radius 2 is 2.13 bits per heavy atom. The monoisotopic (exact) mass is 433 g/mol. The Hall–Kier alpha value is -1.95. The number of terminal acetylenes is 1. The van der Waals surface area contributed by atoms with Crippen LogP contribution in [0.3, 0.4) is 0 Å². The molecule has 0 bridgehead atoms. The van der Waals surface area contributed by atoms with E-state index in [-0.39, 0.29) is 48.6 Å². The number of hydrogen-bond donors (Lipinski definition) is 3.